The number of hydrogen-bond acceptors (Lipinski definition) is 3. The Morgan fingerprint density at radius 2 is 1.74 bits per heavy atom. The number of benzene rings is 1. The van der Waals surface area contributed by atoms with Crippen LogP contribution >= 0.6 is 0 Å². The minimum Gasteiger partial charge on any atom is -0.370 e. The topological polar surface area (TPSA) is 79.0 Å². The predicted octanol–water partition coefficient (Wildman–Crippen LogP) is -0.0626. The molecule has 1 aliphatic heterocycles. The summed E-state index contributed by atoms with van der Waals surface area (Å²) in [6, 6.07) is 8.48. The zero-order chi connectivity index (χ0) is 13.9. The Hall–Kier alpha value is -1.60. The average molecular weight is 282 g/mol. The SMILES string of the molecule is CN=C(N)N1CCN(S(=O)(=O)c2ccccc2)CC1. The molecule has 0 saturated carbocycles. The van der Waals surface area contributed by atoms with Crippen molar-refractivity contribution in [2.75, 3.05) is 33.2 Å². The molecule has 0 bridgehead atoms. The molecule has 0 spiro atoms. The lowest BCUT2D eigenvalue weighted by molar-refractivity contribution is 0.264. The summed E-state index contributed by atoms with van der Waals surface area (Å²) in [6.07, 6.45) is 0. The van der Waals surface area contributed by atoms with Gasteiger partial charge in [0.1, 0.15) is 0 Å². The Labute approximate surface area is 113 Å². The van der Waals surface area contributed by atoms with Crippen LogP contribution in [0.1, 0.15) is 0 Å². The molecule has 6 nitrogen and oxygen atoms in total. The summed E-state index contributed by atoms with van der Waals surface area (Å²) in [5.41, 5.74) is 5.72. The van der Waals surface area contributed by atoms with Gasteiger partial charge in [0.2, 0.25) is 10.0 Å². The first kappa shape index (κ1) is 13.8. The van der Waals surface area contributed by atoms with Crippen LogP contribution in [0.4, 0.5) is 0 Å². The second kappa shape index (κ2) is 5.58. The van der Waals surface area contributed by atoms with E-state index in [-0.39, 0.29) is 0 Å². The summed E-state index contributed by atoms with van der Waals surface area (Å²) in [5, 5.41) is 0. The summed E-state index contributed by atoms with van der Waals surface area (Å²) in [6.45, 7) is 1.98. The van der Waals surface area contributed by atoms with Crippen molar-refractivity contribution < 1.29 is 8.42 Å². The molecule has 1 saturated heterocycles. The molecule has 0 atom stereocenters. The van der Waals surface area contributed by atoms with Crippen molar-refractivity contribution in [3.8, 4) is 0 Å². The van der Waals surface area contributed by atoms with Crippen LogP contribution < -0.4 is 5.73 Å². The second-order valence-electron chi connectivity index (χ2n) is 4.29. The van der Waals surface area contributed by atoms with Gasteiger partial charge in [-0.25, -0.2) is 8.42 Å². The number of piperazine rings is 1. The highest BCUT2D eigenvalue weighted by Gasteiger charge is 2.28. The first-order chi connectivity index (χ1) is 9.05. The minimum atomic E-state index is -3.39. The van der Waals surface area contributed by atoms with E-state index in [1.165, 1.54) is 4.31 Å². The van der Waals surface area contributed by atoms with Crippen LogP contribution in [0.5, 0.6) is 0 Å². The molecule has 1 aromatic rings. The maximum Gasteiger partial charge on any atom is 0.243 e. The first-order valence-electron chi connectivity index (χ1n) is 6.08. The number of hydrogen-bond donors (Lipinski definition) is 1. The van der Waals surface area contributed by atoms with Crippen LogP contribution in [0, 0.1) is 0 Å². The molecule has 19 heavy (non-hydrogen) atoms. The lowest BCUT2D eigenvalue weighted by Gasteiger charge is -2.34. The Balaban J connectivity index is 2.10. The maximum absolute atomic E-state index is 12.4. The number of sulfonamides is 1. The molecule has 104 valence electrons. The fourth-order valence-corrected chi connectivity index (χ4v) is 3.48. The van der Waals surface area contributed by atoms with Gasteiger partial charge < -0.3 is 10.6 Å². The van der Waals surface area contributed by atoms with Gasteiger partial charge >= 0.3 is 0 Å². The molecule has 1 aromatic carbocycles. The summed E-state index contributed by atoms with van der Waals surface area (Å²) in [4.78, 5) is 6.13. The van der Waals surface area contributed by atoms with Crippen LogP contribution in [0.2, 0.25) is 0 Å². The second-order valence-corrected chi connectivity index (χ2v) is 6.22. The van der Waals surface area contributed by atoms with Crippen molar-refractivity contribution >= 4 is 16.0 Å². The van der Waals surface area contributed by atoms with Crippen LogP contribution in [0.15, 0.2) is 40.2 Å². The zero-order valence-corrected chi connectivity index (χ0v) is 11.7. The van der Waals surface area contributed by atoms with Crippen LogP contribution in [0.25, 0.3) is 0 Å². The summed E-state index contributed by atoms with van der Waals surface area (Å²) in [5.74, 6) is 0.455. The van der Waals surface area contributed by atoms with Gasteiger partial charge in [-0.1, -0.05) is 18.2 Å². The lowest BCUT2D eigenvalue weighted by atomic mass is 10.4. The van der Waals surface area contributed by atoms with Crippen molar-refractivity contribution in [1.82, 2.24) is 9.21 Å². The molecular weight excluding hydrogens is 264 g/mol. The maximum atomic E-state index is 12.4. The molecule has 1 heterocycles. The van der Waals surface area contributed by atoms with E-state index in [1.807, 2.05) is 4.90 Å². The summed E-state index contributed by atoms with van der Waals surface area (Å²) in [7, 11) is -1.76. The smallest absolute Gasteiger partial charge is 0.243 e. The van der Waals surface area contributed by atoms with Crippen LogP contribution in [-0.4, -0.2) is 56.8 Å². The molecule has 1 aliphatic rings. The zero-order valence-electron chi connectivity index (χ0n) is 10.9. The van der Waals surface area contributed by atoms with E-state index in [2.05, 4.69) is 4.99 Å². The van der Waals surface area contributed by atoms with Gasteiger partial charge in [-0.15, -0.1) is 0 Å². The number of nitrogens with zero attached hydrogens (tertiary/aromatic N) is 3. The van der Waals surface area contributed by atoms with Gasteiger partial charge in [-0.05, 0) is 12.1 Å². The van der Waals surface area contributed by atoms with E-state index >= 15 is 0 Å². The Morgan fingerprint density at radius 3 is 2.26 bits per heavy atom. The fraction of sp³-hybridized carbons (Fsp3) is 0.417. The minimum absolute atomic E-state index is 0.334. The van der Waals surface area contributed by atoms with Crippen molar-refractivity contribution in [1.29, 1.82) is 0 Å². The molecule has 0 unspecified atom stereocenters. The standard InChI is InChI=1S/C12H18N4O2S/c1-14-12(13)15-7-9-16(10-8-15)19(17,18)11-5-3-2-4-6-11/h2-6H,7-10H2,1H3,(H2,13,14). The van der Waals surface area contributed by atoms with Crippen molar-refractivity contribution in [2.24, 2.45) is 10.7 Å². The van der Waals surface area contributed by atoms with Crippen LogP contribution in [0.3, 0.4) is 0 Å². The van der Waals surface area contributed by atoms with E-state index in [9.17, 15) is 8.42 Å². The first-order valence-corrected chi connectivity index (χ1v) is 7.52. The van der Waals surface area contributed by atoms with E-state index in [1.54, 1.807) is 37.4 Å². The summed E-state index contributed by atoms with van der Waals surface area (Å²) >= 11 is 0. The molecule has 0 amide bonds. The summed E-state index contributed by atoms with van der Waals surface area (Å²) < 4.78 is 26.2. The fourth-order valence-electron chi connectivity index (χ4n) is 2.04. The van der Waals surface area contributed by atoms with E-state index in [4.69, 9.17) is 5.73 Å². The monoisotopic (exact) mass is 282 g/mol. The molecule has 0 aliphatic carbocycles. The molecule has 1 fully saturated rings. The van der Waals surface area contributed by atoms with Gasteiger partial charge in [0, 0.05) is 33.2 Å². The van der Waals surface area contributed by atoms with Gasteiger partial charge in [-0.3, -0.25) is 4.99 Å². The molecule has 0 aromatic heterocycles. The highest BCUT2D eigenvalue weighted by molar-refractivity contribution is 7.89. The Bertz CT molecular complexity index is 548. The number of guanidine groups is 1. The molecule has 2 N–H and O–H groups in total. The van der Waals surface area contributed by atoms with Crippen molar-refractivity contribution in [2.45, 2.75) is 4.90 Å². The molecular formula is C12H18N4O2S. The third-order valence-corrected chi connectivity index (χ3v) is 5.09. The lowest BCUT2D eigenvalue weighted by Crippen LogP contribution is -2.52. The number of aliphatic imine (C=N–C) groups is 1. The van der Waals surface area contributed by atoms with E-state index in [0.717, 1.165) is 0 Å². The Kier molecular flexibility index (Phi) is 4.06. The normalized spacial score (nSPS) is 18.6. The largest absolute Gasteiger partial charge is 0.370 e. The van der Waals surface area contributed by atoms with Gasteiger partial charge in [0.05, 0.1) is 4.90 Å². The third-order valence-electron chi connectivity index (χ3n) is 3.17. The van der Waals surface area contributed by atoms with Crippen molar-refractivity contribution in [3.63, 3.8) is 0 Å². The third kappa shape index (κ3) is 2.87. The highest BCUT2D eigenvalue weighted by atomic mass is 32.2. The van der Waals surface area contributed by atoms with E-state index < -0.39 is 10.0 Å². The highest BCUT2D eigenvalue weighted by Crippen LogP contribution is 2.16. The molecule has 0 radical (unpaired) electrons. The Morgan fingerprint density at radius 1 is 1.16 bits per heavy atom. The predicted molar refractivity (Wildman–Crippen MR) is 74.3 cm³/mol. The number of nitrogens with two attached hydrogens (primary N) is 1. The van der Waals surface area contributed by atoms with Gasteiger partial charge in [0.25, 0.3) is 0 Å². The quantitative estimate of drug-likeness (QED) is 0.609. The van der Waals surface area contributed by atoms with Crippen LogP contribution in [-0.2, 0) is 10.0 Å². The van der Waals surface area contributed by atoms with Crippen molar-refractivity contribution in [3.05, 3.63) is 30.3 Å². The number of rotatable bonds is 2. The van der Waals surface area contributed by atoms with Gasteiger partial charge in [-0.2, -0.15) is 4.31 Å². The molecule has 7 heteroatoms. The van der Waals surface area contributed by atoms with Gasteiger partial charge in [0.15, 0.2) is 5.96 Å². The van der Waals surface area contributed by atoms with E-state index in [0.29, 0.717) is 37.0 Å². The average Bonchev–Trinajstić information content (AvgIpc) is 2.47. The molecule has 2 rings (SSSR count).